The molecule has 0 unspecified atom stereocenters. The van der Waals surface area contributed by atoms with Crippen LogP contribution in [-0.2, 0) is 0 Å². The Morgan fingerprint density at radius 3 is 2.83 bits per heavy atom. The molecule has 2 aliphatic heterocycles. The molecule has 0 saturated carbocycles. The number of hydrogen-bond donors (Lipinski definition) is 0. The molecular weight excluding hydrogens is 425 g/mol. The van der Waals surface area contributed by atoms with Crippen molar-refractivity contribution in [2.45, 2.75) is 31.5 Å². The van der Waals surface area contributed by atoms with E-state index in [4.69, 9.17) is 32.6 Å². The van der Waals surface area contributed by atoms with Crippen molar-refractivity contribution < 1.29 is 4.42 Å². The lowest BCUT2D eigenvalue weighted by Crippen LogP contribution is -2.35. The first-order valence-corrected chi connectivity index (χ1v) is 11.4. The van der Waals surface area contributed by atoms with E-state index >= 15 is 0 Å². The van der Waals surface area contributed by atoms with Crippen LogP contribution in [0.2, 0.25) is 10.0 Å². The van der Waals surface area contributed by atoms with E-state index in [-0.39, 0.29) is 12.1 Å². The molecule has 148 valence electrons. The summed E-state index contributed by atoms with van der Waals surface area (Å²) in [4.78, 5) is 12.0. The fraction of sp³-hybridized carbons (Fsp3) is 0.273. The van der Waals surface area contributed by atoms with Crippen molar-refractivity contribution in [3.8, 4) is 11.3 Å². The van der Waals surface area contributed by atoms with Crippen molar-refractivity contribution in [1.82, 2.24) is 9.88 Å². The molecule has 1 aromatic carbocycles. The van der Waals surface area contributed by atoms with E-state index in [1.807, 2.05) is 60.4 Å². The number of fused-ring (bicyclic) bond motifs is 1. The topological polar surface area (TPSA) is 41.6 Å². The lowest BCUT2D eigenvalue weighted by molar-refractivity contribution is 0.226. The molecule has 1 saturated heterocycles. The number of hydrogen-bond acceptors (Lipinski definition) is 5. The Kier molecular flexibility index (Phi) is 5.06. The Labute approximate surface area is 183 Å². The molecule has 0 spiro atoms. The molecule has 29 heavy (non-hydrogen) atoms. The lowest BCUT2D eigenvalue weighted by atomic mass is 10.0. The van der Waals surface area contributed by atoms with E-state index in [0.717, 1.165) is 34.4 Å². The quantitative estimate of drug-likeness (QED) is 0.453. The van der Waals surface area contributed by atoms with Crippen molar-refractivity contribution in [1.29, 1.82) is 0 Å². The number of nitrogens with zero attached hydrogens (tertiary/aromatic N) is 3. The maximum atomic E-state index is 6.42. The smallest absolute Gasteiger partial charge is 0.161 e. The van der Waals surface area contributed by atoms with Crippen LogP contribution in [-0.4, -0.2) is 26.8 Å². The fourth-order valence-corrected chi connectivity index (χ4v) is 5.74. The number of benzene rings is 1. The standard InChI is InChI=1S/C22H19Cl2N3OS/c1-2-13-12-29-22-26-20(16-8-3-4-11-25-16)21(27(13)22)18-10-9-17(28-18)14-6-5-7-15(23)19(14)24/h3-11,13,20-21H,2,12H2,1H3/t13-,20-,21+/m0/s1. The minimum atomic E-state index is -0.0955. The van der Waals surface area contributed by atoms with E-state index in [1.54, 1.807) is 6.07 Å². The van der Waals surface area contributed by atoms with E-state index in [1.165, 1.54) is 0 Å². The average molecular weight is 444 g/mol. The van der Waals surface area contributed by atoms with Crippen LogP contribution in [0.4, 0.5) is 0 Å². The summed E-state index contributed by atoms with van der Waals surface area (Å²) in [6.45, 7) is 2.22. The maximum absolute atomic E-state index is 6.42. The number of pyridine rings is 1. The SMILES string of the molecule is CC[C@H]1CSC2=N[C@@H](c3ccccn3)[C@@H](c3ccc(-c4cccc(Cl)c4Cl)o3)N21. The molecule has 0 radical (unpaired) electrons. The summed E-state index contributed by atoms with van der Waals surface area (Å²) in [6.07, 6.45) is 2.88. The van der Waals surface area contributed by atoms with Crippen molar-refractivity contribution >= 4 is 40.1 Å². The Morgan fingerprint density at radius 1 is 1.14 bits per heavy atom. The molecule has 1 fully saturated rings. The van der Waals surface area contributed by atoms with Gasteiger partial charge in [-0.15, -0.1) is 0 Å². The van der Waals surface area contributed by atoms with E-state index in [2.05, 4.69) is 16.8 Å². The second kappa shape index (κ2) is 7.71. The summed E-state index contributed by atoms with van der Waals surface area (Å²) in [5.41, 5.74) is 1.75. The Hall–Kier alpha value is -1.95. The van der Waals surface area contributed by atoms with Gasteiger partial charge < -0.3 is 9.32 Å². The van der Waals surface area contributed by atoms with Crippen LogP contribution in [0.5, 0.6) is 0 Å². The first-order valence-electron chi connectivity index (χ1n) is 9.61. The molecule has 0 aliphatic carbocycles. The highest BCUT2D eigenvalue weighted by Gasteiger charge is 2.46. The molecule has 2 aliphatic rings. The Bertz CT molecular complexity index is 1070. The van der Waals surface area contributed by atoms with Crippen molar-refractivity contribution in [2.24, 2.45) is 4.99 Å². The van der Waals surface area contributed by atoms with Crippen molar-refractivity contribution in [2.75, 3.05) is 5.75 Å². The first kappa shape index (κ1) is 19.0. The van der Waals surface area contributed by atoms with Crippen LogP contribution in [0.3, 0.4) is 0 Å². The molecule has 7 heteroatoms. The van der Waals surface area contributed by atoms with Crippen LogP contribution in [0.1, 0.15) is 36.9 Å². The summed E-state index contributed by atoms with van der Waals surface area (Å²) >= 11 is 14.4. The highest BCUT2D eigenvalue weighted by atomic mass is 35.5. The van der Waals surface area contributed by atoms with Crippen LogP contribution in [0, 0.1) is 0 Å². The second-order valence-electron chi connectivity index (χ2n) is 7.14. The predicted octanol–water partition coefficient (Wildman–Crippen LogP) is 6.63. The van der Waals surface area contributed by atoms with Gasteiger partial charge in [0.15, 0.2) is 5.17 Å². The minimum absolute atomic E-state index is 0.0217. The summed E-state index contributed by atoms with van der Waals surface area (Å²) in [6, 6.07) is 15.9. The first-order chi connectivity index (χ1) is 14.2. The average Bonchev–Trinajstić information content (AvgIpc) is 3.45. The van der Waals surface area contributed by atoms with Gasteiger partial charge in [-0.2, -0.15) is 0 Å². The molecular formula is C22H19Cl2N3OS. The predicted molar refractivity (Wildman–Crippen MR) is 120 cm³/mol. The fourth-order valence-electron chi connectivity index (χ4n) is 4.01. The molecule has 4 nitrogen and oxygen atoms in total. The number of thioether (sulfide) groups is 1. The number of aromatic nitrogens is 1. The largest absolute Gasteiger partial charge is 0.459 e. The number of amidine groups is 1. The van der Waals surface area contributed by atoms with Gasteiger partial charge in [-0.25, -0.2) is 4.99 Å². The zero-order valence-corrected chi connectivity index (χ0v) is 18.1. The summed E-state index contributed by atoms with van der Waals surface area (Å²) in [5.74, 6) is 2.63. The van der Waals surface area contributed by atoms with Gasteiger partial charge in [0, 0.05) is 23.6 Å². The van der Waals surface area contributed by atoms with E-state index in [0.29, 0.717) is 21.8 Å². The van der Waals surface area contributed by atoms with Gasteiger partial charge in [-0.05, 0) is 42.8 Å². The summed E-state index contributed by atoms with van der Waals surface area (Å²) in [5, 5.41) is 2.10. The van der Waals surface area contributed by atoms with E-state index < -0.39 is 0 Å². The zero-order valence-electron chi connectivity index (χ0n) is 15.8. The van der Waals surface area contributed by atoms with Crippen molar-refractivity contribution in [3.63, 3.8) is 0 Å². The Balaban J connectivity index is 1.57. The number of aliphatic imine (C=N–C) groups is 1. The molecule has 0 amide bonds. The van der Waals surface area contributed by atoms with Crippen LogP contribution < -0.4 is 0 Å². The molecule has 0 bridgehead atoms. The summed E-state index contributed by atoms with van der Waals surface area (Å²) < 4.78 is 6.35. The molecule has 4 heterocycles. The van der Waals surface area contributed by atoms with Gasteiger partial charge in [-0.1, -0.05) is 54.0 Å². The third-order valence-corrected chi connectivity index (χ3v) is 7.41. The summed E-state index contributed by atoms with van der Waals surface area (Å²) in [7, 11) is 0. The molecule has 0 N–H and O–H groups in total. The van der Waals surface area contributed by atoms with Gasteiger partial charge in [0.1, 0.15) is 23.6 Å². The normalized spacial score (nSPS) is 23.3. The molecule has 3 aromatic rings. The van der Waals surface area contributed by atoms with Gasteiger partial charge in [0.25, 0.3) is 0 Å². The monoisotopic (exact) mass is 443 g/mol. The number of furan rings is 1. The van der Waals surface area contributed by atoms with Gasteiger partial charge in [-0.3, -0.25) is 4.98 Å². The third-order valence-electron chi connectivity index (χ3n) is 5.46. The van der Waals surface area contributed by atoms with Gasteiger partial charge in [0.2, 0.25) is 0 Å². The van der Waals surface area contributed by atoms with E-state index in [9.17, 15) is 0 Å². The molecule has 5 rings (SSSR count). The highest BCUT2D eigenvalue weighted by molar-refractivity contribution is 8.14. The number of halogens is 2. The number of rotatable bonds is 4. The van der Waals surface area contributed by atoms with Crippen LogP contribution in [0.15, 0.2) is 64.1 Å². The zero-order chi connectivity index (χ0) is 20.0. The minimum Gasteiger partial charge on any atom is -0.459 e. The molecule has 3 atom stereocenters. The lowest BCUT2D eigenvalue weighted by Gasteiger charge is -2.30. The third kappa shape index (κ3) is 3.25. The maximum Gasteiger partial charge on any atom is 0.161 e. The second-order valence-corrected chi connectivity index (χ2v) is 8.91. The van der Waals surface area contributed by atoms with Crippen molar-refractivity contribution in [3.05, 3.63) is 76.2 Å². The highest BCUT2D eigenvalue weighted by Crippen LogP contribution is 2.49. The van der Waals surface area contributed by atoms with Gasteiger partial charge in [0.05, 0.1) is 15.7 Å². The molecule has 2 aromatic heterocycles. The van der Waals surface area contributed by atoms with Gasteiger partial charge >= 0.3 is 0 Å². The Morgan fingerprint density at radius 2 is 2.03 bits per heavy atom. The van der Waals surface area contributed by atoms with Crippen LogP contribution >= 0.6 is 35.0 Å². The van der Waals surface area contributed by atoms with Crippen LogP contribution in [0.25, 0.3) is 11.3 Å².